The van der Waals surface area contributed by atoms with Crippen molar-refractivity contribution in [1.29, 1.82) is 0 Å². The number of nitrogens with one attached hydrogen (secondary N) is 1. The van der Waals surface area contributed by atoms with Gasteiger partial charge in [-0.15, -0.1) is 0 Å². The van der Waals surface area contributed by atoms with Crippen LogP contribution in [0.15, 0.2) is 47.4 Å². The van der Waals surface area contributed by atoms with Gasteiger partial charge in [-0.2, -0.15) is 0 Å². The van der Waals surface area contributed by atoms with Crippen molar-refractivity contribution in [2.75, 3.05) is 5.32 Å². The number of amides is 1. The molecule has 2 rings (SSSR count). The van der Waals surface area contributed by atoms with E-state index in [-0.39, 0.29) is 21.9 Å². The van der Waals surface area contributed by atoms with Gasteiger partial charge >= 0.3 is 0 Å². The van der Waals surface area contributed by atoms with E-state index in [4.69, 9.17) is 16.7 Å². The number of anilines is 1. The van der Waals surface area contributed by atoms with Gasteiger partial charge in [-0.3, -0.25) is 4.79 Å². The molecular formula is C13H11ClN2O4S. The van der Waals surface area contributed by atoms with E-state index < -0.39 is 15.9 Å². The van der Waals surface area contributed by atoms with Crippen LogP contribution < -0.4 is 10.5 Å². The highest BCUT2D eigenvalue weighted by atomic mass is 35.5. The summed E-state index contributed by atoms with van der Waals surface area (Å²) in [5.41, 5.74) is 0.251. The molecule has 0 aromatic heterocycles. The van der Waals surface area contributed by atoms with E-state index in [0.717, 1.165) is 0 Å². The van der Waals surface area contributed by atoms with Crippen molar-refractivity contribution in [3.05, 3.63) is 53.1 Å². The van der Waals surface area contributed by atoms with Gasteiger partial charge in [-0.25, -0.2) is 13.6 Å². The van der Waals surface area contributed by atoms with Crippen molar-refractivity contribution in [3.63, 3.8) is 0 Å². The lowest BCUT2D eigenvalue weighted by atomic mass is 10.2. The Bertz CT molecular complexity index is 806. The van der Waals surface area contributed by atoms with E-state index in [9.17, 15) is 18.3 Å². The number of halogens is 1. The van der Waals surface area contributed by atoms with Gasteiger partial charge in [0, 0.05) is 10.7 Å². The van der Waals surface area contributed by atoms with Crippen molar-refractivity contribution >= 4 is 33.2 Å². The van der Waals surface area contributed by atoms with Crippen molar-refractivity contribution in [1.82, 2.24) is 0 Å². The molecule has 6 nitrogen and oxygen atoms in total. The maximum absolute atomic E-state index is 12.0. The first-order chi connectivity index (χ1) is 9.77. The smallest absolute Gasteiger partial charge is 0.259 e. The van der Waals surface area contributed by atoms with Crippen LogP contribution in [0.1, 0.15) is 10.4 Å². The van der Waals surface area contributed by atoms with Crippen LogP contribution in [-0.4, -0.2) is 19.4 Å². The van der Waals surface area contributed by atoms with Gasteiger partial charge in [0.15, 0.2) is 0 Å². The molecule has 4 N–H and O–H groups in total. The molecule has 0 fully saturated rings. The summed E-state index contributed by atoms with van der Waals surface area (Å²) in [6.45, 7) is 0. The minimum atomic E-state index is -3.86. The minimum Gasteiger partial charge on any atom is -0.507 e. The number of phenols is 1. The van der Waals surface area contributed by atoms with E-state index in [1.807, 2.05) is 0 Å². The summed E-state index contributed by atoms with van der Waals surface area (Å²) in [5, 5.41) is 17.4. The Labute approximate surface area is 126 Å². The fourth-order valence-electron chi connectivity index (χ4n) is 1.65. The molecule has 0 bridgehead atoms. The minimum absolute atomic E-state index is 0.0143. The van der Waals surface area contributed by atoms with Gasteiger partial charge in [-0.1, -0.05) is 17.7 Å². The first-order valence-corrected chi connectivity index (χ1v) is 7.62. The Morgan fingerprint density at radius 2 is 1.90 bits per heavy atom. The van der Waals surface area contributed by atoms with Crippen LogP contribution in [0.5, 0.6) is 5.75 Å². The van der Waals surface area contributed by atoms with Crippen molar-refractivity contribution < 1.29 is 18.3 Å². The number of carbonyl (C=O) groups is 1. The number of phenolic OH excluding ortho intramolecular Hbond substituents is 1. The molecule has 21 heavy (non-hydrogen) atoms. The Kier molecular flexibility index (Phi) is 4.17. The first kappa shape index (κ1) is 15.3. The summed E-state index contributed by atoms with van der Waals surface area (Å²) < 4.78 is 22.5. The number of nitrogens with two attached hydrogens (primary N) is 1. The lowest BCUT2D eigenvalue weighted by Crippen LogP contribution is -2.15. The molecule has 0 spiro atoms. The van der Waals surface area contributed by atoms with E-state index >= 15 is 0 Å². The summed E-state index contributed by atoms with van der Waals surface area (Å²) in [5.74, 6) is -0.877. The predicted molar refractivity (Wildman–Crippen MR) is 78.9 cm³/mol. The van der Waals surface area contributed by atoms with Gasteiger partial charge < -0.3 is 10.4 Å². The average Bonchev–Trinajstić information content (AvgIpc) is 2.37. The molecule has 0 heterocycles. The summed E-state index contributed by atoms with van der Waals surface area (Å²) >= 11 is 5.68. The third kappa shape index (κ3) is 3.72. The van der Waals surface area contributed by atoms with Gasteiger partial charge in [0.25, 0.3) is 5.91 Å². The maximum atomic E-state index is 12.0. The third-order valence-corrected chi connectivity index (χ3v) is 3.77. The van der Waals surface area contributed by atoms with Gasteiger partial charge in [0.1, 0.15) is 5.75 Å². The Morgan fingerprint density at radius 3 is 2.52 bits per heavy atom. The van der Waals surface area contributed by atoms with Gasteiger partial charge in [0.2, 0.25) is 10.0 Å². The molecule has 8 heteroatoms. The number of sulfonamides is 1. The monoisotopic (exact) mass is 326 g/mol. The average molecular weight is 327 g/mol. The summed E-state index contributed by atoms with van der Waals surface area (Å²) in [6.07, 6.45) is 0. The zero-order valence-corrected chi connectivity index (χ0v) is 12.1. The number of hydrogen-bond donors (Lipinski definition) is 3. The van der Waals surface area contributed by atoms with Crippen LogP contribution in [0, 0.1) is 0 Å². The van der Waals surface area contributed by atoms with Crippen molar-refractivity contribution in [2.45, 2.75) is 4.90 Å². The fourth-order valence-corrected chi connectivity index (χ4v) is 2.37. The Hall–Kier alpha value is -2.09. The Morgan fingerprint density at radius 1 is 1.19 bits per heavy atom. The van der Waals surface area contributed by atoms with Gasteiger partial charge in [0.05, 0.1) is 10.5 Å². The second kappa shape index (κ2) is 5.72. The predicted octanol–water partition coefficient (Wildman–Crippen LogP) is 1.95. The van der Waals surface area contributed by atoms with E-state index in [2.05, 4.69) is 5.32 Å². The Balaban J connectivity index is 2.28. The zero-order chi connectivity index (χ0) is 15.6. The number of benzene rings is 2. The molecule has 0 radical (unpaired) electrons. The number of rotatable bonds is 3. The van der Waals surface area contributed by atoms with Crippen LogP contribution in [-0.2, 0) is 10.0 Å². The highest BCUT2D eigenvalue weighted by Crippen LogP contribution is 2.23. The zero-order valence-electron chi connectivity index (χ0n) is 10.6. The molecule has 0 aliphatic carbocycles. The SMILES string of the molecule is NS(=O)(=O)c1cccc(NC(=O)c2ccc(Cl)cc2O)c1. The highest BCUT2D eigenvalue weighted by molar-refractivity contribution is 7.89. The second-order valence-corrected chi connectivity index (χ2v) is 6.19. The maximum Gasteiger partial charge on any atom is 0.259 e. The fraction of sp³-hybridized carbons (Fsp3) is 0. The highest BCUT2D eigenvalue weighted by Gasteiger charge is 2.13. The number of carbonyl (C=O) groups excluding carboxylic acids is 1. The molecule has 2 aromatic rings. The normalized spacial score (nSPS) is 11.1. The van der Waals surface area contributed by atoms with Crippen LogP contribution in [0.3, 0.4) is 0 Å². The molecule has 1 amide bonds. The van der Waals surface area contributed by atoms with Gasteiger partial charge in [-0.05, 0) is 36.4 Å². The molecule has 0 aliphatic heterocycles. The quantitative estimate of drug-likeness (QED) is 0.800. The molecule has 110 valence electrons. The molecule has 0 aliphatic rings. The summed E-state index contributed by atoms with van der Waals surface area (Å²) in [6, 6.07) is 9.52. The largest absolute Gasteiger partial charge is 0.507 e. The molecule has 0 saturated heterocycles. The summed E-state index contributed by atoms with van der Waals surface area (Å²) in [7, 11) is -3.86. The van der Waals surface area contributed by atoms with Crippen molar-refractivity contribution in [2.24, 2.45) is 5.14 Å². The van der Waals surface area contributed by atoms with E-state index in [1.165, 1.54) is 42.5 Å². The number of hydrogen-bond acceptors (Lipinski definition) is 4. The van der Waals surface area contributed by atoms with E-state index in [0.29, 0.717) is 5.02 Å². The lowest BCUT2D eigenvalue weighted by Gasteiger charge is -2.08. The topological polar surface area (TPSA) is 109 Å². The number of aromatic hydroxyl groups is 1. The molecule has 0 atom stereocenters. The van der Waals surface area contributed by atoms with Crippen LogP contribution >= 0.6 is 11.6 Å². The first-order valence-electron chi connectivity index (χ1n) is 5.70. The summed E-state index contributed by atoms with van der Waals surface area (Å²) in [4.78, 5) is 11.9. The third-order valence-electron chi connectivity index (χ3n) is 2.62. The lowest BCUT2D eigenvalue weighted by molar-refractivity contribution is 0.102. The molecule has 0 unspecified atom stereocenters. The number of primary sulfonamides is 1. The molecular weight excluding hydrogens is 316 g/mol. The molecule has 0 saturated carbocycles. The standard InChI is InChI=1S/C13H11ClN2O4S/c14-8-4-5-11(12(17)6-8)13(18)16-9-2-1-3-10(7-9)21(15,19)20/h1-7,17H,(H,16,18)(H2,15,19,20). The van der Waals surface area contributed by atoms with E-state index in [1.54, 1.807) is 0 Å². The van der Waals surface area contributed by atoms with Crippen LogP contribution in [0.2, 0.25) is 5.02 Å². The molecule has 2 aromatic carbocycles. The van der Waals surface area contributed by atoms with Crippen LogP contribution in [0.4, 0.5) is 5.69 Å². The van der Waals surface area contributed by atoms with Crippen molar-refractivity contribution in [3.8, 4) is 5.75 Å². The second-order valence-electron chi connectivity index (χ2n) is 4.19. The van der Waals surface area contributed by atoms with Crippen LogP contribution in [0.25, 0.3) is 0 Å².